The van der Waals surface area contributed by atoms with Crippen LogP contribution in [0.1, 0.15) is 29.6 Å². The van der Waals surface area contributed by atoms with Crippen molar-refractivity contribution in [3.8, 4) is 0 Å². The maximum Gasteiger partial charge on any atom is 0.255 e. The Morgan fingerprint density at radius 2 is 2.33 bits per heavy atom. The fraction of sp³-hybridized carbons (Fsp3) is 0.571. The first-order chi connectivity index (χ1) is 8.84. The second-order valence-corrected chi connectivity index (χ2v) is 5.16. The molecule has 0 radical (unpaired) electrons. The van der Waals surface area contributed by atoms with Gasteiger partial charge in [-0.3, -0.25) is 9.78 Å². The summed E-state index contributed by atoms with van der Waals surface area (Å²) in [5.74, 6) is 0.628. The lowest BCUT2D eigenvalue weighted by molar-refractivity contribution is 0.0706. The summed E-state index contributed by atoms with van der Waals surface area (Å²) in [6, 6.07) is 4.10. The van der Waals surface area contributed by atoms with Crippen LogP contribution in [0, 0.1) is 5.92 Å². The maximum absolute atomic E-state index is 12.5. The molecule has 1 aliphatic heterocycles. The molecular formula is C14H18N2O2. The van der Waals surface area contributed by atoms with Crippen LogP contribution in [0.25, 0.3) is 0 Å². The molecule has 1 aromatic rings. The Balaban J connectivity index is 1.71. The van der Waals surface area contributed by atoms with Gasteiger partial charge in [0.05, 0.1) is 12.2 Å². The van der Waals surface area contributed by atoms with Crippen LogP contribution in [0.15, 0.2) is 24.5 Å². The fourth-order valence-corrected chi connectivity index (χ4v) is 2.44. The smallest absolute Gasteiger partial charge is 0.255 e. The molecule has 18 heavy (non-hydrogen) atoms. The molecule has 2 aliphatic rings. The monoisotopic (exact) mass is 246 g/mol. The van der Waals surface area contributed by atoms with Gasteiger partial charge in [0.25, 0.3) is 5.91 Å². The predicted octanol–water partition coefficient (Wildman–Crippen LogP) is 1.72. The minimum Gasteiger partial charge on any atom is -0.381 e. The van der Waals surface area contributed by atoms with Gasteiger partial charge in [-0.05, 0) is 31.4 Å². The van der Waals surface area contributed by atoms with Crippen molar-refractivity contribution < 1.29 is 9.53 Å². The predicted molar refractivity (Wildman–Crippen MR) is 67.2 cm³/mol. The minimum absolute atomic E-state index is 0.123. The number of pyridine rings is 1. The molecule has 1 atom stereocenters. The van der Waals surface area contributed by atoms with Crippen LogP contribution in [0.4, 0.5) is 0 Å². The molecule has 4 heteroatoms. The van der Waals surface area contributed by atoms with Crippen LogP contribution in [0.2, 0.25) is 0 Å². The van der Waals surface area contributed by atoms with Crippen LogP contribution >= 0.6 is 0 Å². The van der Waals surface area contributed by atoms with E-state index in [2.05, 4.69) is 4.98 Å². The van der Waals surface area contributed by atoms with E-state index in [0.717, 1.165) is 39.0 Å². The van der Waals surface area contributed by atoms with E-state index >= 15 is 0 Å². The van der Waals surface area contributed by atoms with Crippen molar-refractivity contribution in [2.45, 2.75) is 25.3 Å². The number of hydrogen-bond acceptors (Lipinski definition) is 3. The summed E-state index contributed by atoms with van der Waals surface area (Å²) in [5, 5.41) is 0. The number of carbonyl (C=O) groups is 1. The Labute approximate surface area is 107 Å². The Hall–Kier alpha value is -1.42. The molecule has 2 heterocycles. The lowest BCUT2D eigenvalue weighted by atomic mass is 10.1. The number of rotatable bonds is 4. The molecule has 1 saturated heterocycles. The molecule has 0 N–H and O–H groups in total. The zero-order valence-corrected chi connectivity index (χ0v) is 10.4. The molecule has 0 bridgehead atoms. The third kappa shape index (κ3) is 2.53. The number of amides is 1. The maximum atomic E-state index is 12.5. The van der Waals surface area contributed by atoms with Crippen LogP contribution in [0.5, 0.6) is 0 Å². The summed E-state index contributed by atoms with van der Waals surface area (Å²) in [7, 11) is 0. The van der Waals surface area contributed by atoms with Gasteiger partial charge in [0, 0.05) is 37.5 Å². The van der Waals surface area contributed by atoms with Gasteiger partial charge < -0.3 is 9.64 Å². The first-order valence-corrected chi connectivity index (χ1v) is 6.63. The Morgan fingerprint density at radius 1 is 1.44 bits per heavy atom. The molecule has 2 fully saturated rings. The van der Waals surface area contributed by atoms with Gasteiger partial charge >= 0.3 is 0 Å². The average Bonchev–Trinajstić information content (AvgIpc) is 3.13. The molecule has 96 valence electrons. The summed E-state index contributed by atoms with van der Waals surface area (Å²) >= 11 is 0. The first-order valence-electron chi connectivity index (χ1n) is 6.63. The molecule has 1 aromatic heterocycles. The van der Waals surface area contributed by atoms with Gasteiger partial charge in [-0.1, -0.05) is 0 Å². The Morgan fingerprint density at radius 3 is 2.94 bits per heavy atom. The van der Waals surface area contributed by atoms with Crippen LogP contribution < -0.4 is 0 Å². The number of aromatic nitrogens is 1. The summed E-state index contributed by atoms with van der Waals surface area (Å²) in [4.78, 5) is 18.5. The van der Waals surface area contributed by atoms with Gasteiger partial charge in [0.1, 0.15) is 0 Å². The second-order valence-electron chi connectivity index (χ2n) is 5.16. The fourth-order valence-electron chi connectivity index (χ4n) is 2.44. The number of hydrogen-bond donors (Lipinski definition) is 0. The van der Waals surface area contributed by atoms with Crippen LogP contribution in [0.3, 0.4) is 0 Å². The van der Waals surface area contributed by atoms with Crippen LogP contribution in [-0.4, -0.2) is 41.6 Å². The third-order valence-electron chi connectivity index (χ3n) is 3.64. The topological polar surface area (TPSA) is 42.4 Å². The van der Waals surface area contributed by atoms with Gasteiger partial charge in [0.15, 0.2) is 0 Å². The zero-order chi connectivity index (χ0) is 12.4. The molecule has 0 aromatic carbocycles. The van der Waals surface area contributed by atoms with E-state index in [1.54, 1.807) is 12.4 Å². The summed E-state index contributed by atoms with van der Waals surface area (Å²) in [5.41, 5.74) is 0.698. The van der Waals surface area contributed by atoms with Gasteiger partial charge in [0.2, 0.25) is 0 Å². The normalized spacial score (nSPS) is 23.0. The van der Waals surface area contributed by atoms with Crippen molar-refractivity contribution >= 4 is 5.91 Å². The Kier molecular flexibility index (Phi) is 3.28. The minimum atomic E-state index is 0.123. The number of carbonyl (C=O) groups excluding carboxylic acids is 1. The summed E-state index contributed by atoms with van der Waals surface area (Å²) in [6.45, 7) is 2.46. The molecule has 0 spiro atoms. The zero-order valence-electron chi connectivity index (χ0n) is 10.4. The van der Waals surface area contributed by atoms with Crippen molar-refractivity contribution in [3.63, 3.8) is 0 Å². The standard InChI is InChI=1S/C14H18N2O2/c17-14(12-2-1-6-15-8-12)16(13-3-4-13)9-11-5-7-18-10-11/h1-2,6,8,11,13H,3-5,7,9-10H2. The highest BCUT2D eigenvalue weighted by atomic mass is 16.5. The van der Waals surface area contributed by atoms with Crippen molar-refractivity contribution in [2.75, 3.05) is 19.8 Å². The van der Waals surface area contributed by atoms with E-state index in [1.807, 2.05) is 17.0 Å². The average molecular weight is 246 g/mol. The van der Waals surface area contributed by atoms with Crippen LogP contribution in [-0.2, 0) is 4.74 Å². The molecule has 3 rings (SSSR count). The Bertz CT molecular complexity index is 411. The highest BCUT2D eigenvalue weighted by molar-refractivity contribution is 5.94. The van der Waals surface area contributed by atoms with Gasteiger partial charge in [-0.15, -0.1) is 0 Å². The lowest BCUT2D eigenvalue weighted by Crippen LogP contribution is -2.37. The van der Waals surface area contributed by atoms with E-state index in [-0.39, 0.29) is 5.91 Å². The van der Waals surface area contributed by atoms with Gasteiger partial charge in [-0.25, -0.2) is 0 Å². The number of nitrogens with zero attached hydrogens (tertiary/aromatic N) is 2. The molecular weight excluding hydrogens is 228 g/mol. The van der Waals surface area contributed by atoms with E-state index in [9.17, 15) is 4.79 Å². The largest absolute Gasteiger partial charge is 0.381 e. The molecule has 4 nitrogen and oxygen atoms in total. The van der Waals surface area contributed by atoms with E-state index in [1.165, 1.54) is 0 Å². The molecule has 1 amide bonds. The van der Waals surface area contributed by atoms with E-state index in [4.69, 9.17) is 4.74 Å². The van der Waals surface area contributed by atoms with Crippen molar-refractivity contribution in [2.24, 2.45) is 5.92 Å². The molecule has 1 unspecified atom stereocenters. The second kappa shape index (κ2) is 5.06. The SMILES string of the molecule is O=C(c1cccnc1)N(CC1CCOC1)C1CC1. The highest BCUT2D eigenvalue weighted by Crippen LogP contribution is 2.30. The first kappa shape index (κ1) is 11.7. The highest BCUT2D eigenvalue weighted by Gasteiger charge is 2.35. The molecule has 1 saturated carbocycles. The van der Waals surface area contributed by atoms with E-state index < -0.39 is 0 Å². The molecule has 1 aliphatic carbocycles. The number of ether oxygens (including phenoxy) is 1. The van der Waals surface area contributed by atoms with Crippen molar-refractivity contribution in [3.05, 3.63) is 30.1 Å². The third-order valence-corrected chi connectivity index (χ3v) is 3.64. The summed E-state index contributed by atoms with van der Waals surface area (Å²) < 4.78 is 5.39. The van der Waals surface area contributed by atoms with Crippen molar-refractivity contribution in [1.29, 1.82) is 0 Å². The van der Waals surface area contributed by atoms with E-state index in [0.29, 0.717) is 17.5 Å². The van der Waals surface area contributed by atoms with Gasteiger partial charge in [-0.2, -0.15) is 0 Å². The summed E-state index contributed by atoms with van der Waals surface area (Å²) in [6.07, 6.45) is 6.70. The quantitative estimate of drug-likeness (QED) is 0.812. The van der Waals surface area contributed by atoms with Crippen molar-refractivity contribution in [1.82, 2.24) is 9.88 Å². The lowest BCUT2D eigenvalue weighted by Gasteiger charge is -2.25.